The van der Waals surface area contributed by atoms with E-state index in [-0.39, 0.29) is 25.0 Å². The monoisotopic (exact) mass is 394 g/mol. The number of benzene rings is 2. The molecule has 0 radical (unpaired) electrons. The maximum absolute atomic E-state index is 12.3. The molecule has 2 N–H and O–H groups in total. The molecule has 0 aromatic heterocycles. The first-order valence-electron chi connectivity index (χ1n) is 9.66. The van der Waals surface area contributed by atoms with Crippen LogP contribution in [0.2, 0.25) is 0 Å². The molecule has 7 heteroatoms. The molecule has 0 spiro atoms. The number of rotatable bonds is 6. The van der Waals surface area contributed by atoms with Gasteiger partial charge in [0.25, 0.3) is 0 Å². The van der Waals surface area contributed by atoms with Crippen LogP contribution < -0.4 is 5.32 Å². The molecular formula is C22H22N2O5. The molecule has 0 unspecified atom stereocenters. The zero-order valence-corrected chi connectivity index (χ0v) is 15.8. The van der Waals surface area contributed by atoms with Crippen molar-refractivity contribution in [2.75, 3.05) is 19.7 Å². The van der Waals surface area contributed by atoms with Crippen LogP contribution in [0, 0.1) is 0 Å². The largest absolute Gasteiger partial charge is 0.480 e. The molecule has 1 fully saturated rings. The second-order valence-corrected chi connectivity index (χ2v) is 7.30. The second-order valence-electron chi connectivity index (χ2n) is 7.30. The highest BCUT2D eigenvalue weighted by atomic mass is 16.5. The third-order valence-electron chi connectivity index (χ3n) is 5.51. The Hall–Kier alpha value is -3.35. The van der Waals surface area contributed by atoms with Crippen molar-refractivity contribution in [3.8, 4) is 11.1 Å². The number of amides is 2. The normalized spacial score (nSPS) is 16.3. The highest BCUT2D eigenvalue weighted by molar-refractivity contribution is 5.83. The van der Waals surface area contributed by atoms with Crippen molar-refractivity contribution in [2.24, 2.45) is 0 Å². The first-order valence-corrected chi connectivity index (χ1v) is 9.66. The number of fused-ring (bicyclic) bond motifs is 3. The predicted octanol–water partition coefficient (Wildman–Crippen LogP) is 2.60. The maximum Gasteiger partial charge on any atom is 0.407 e. The van der Waals surface area contributed by atoms with Crippen LogP contribution in [-0.2, 0) is 14.3 Å². The maximum atomic E-state index is 12.3. The molecule has 0 bridgehead atoms. The molecule has 7 nitrogen and oxygen atoms in total. The van der Waals surface area contributed by atoms with Crippen LogP contribution in [-0.4, -0.2) is 53.7 Å². The Morgan fingerprint density at radius 2 is 1.72 bits per heavy atom. The first kappa shape index (κ1) is 19.0. The summed E-state index contributed by atoms with van der Waals surface area (Å²) in [5.74, 6) is -1.39. The summed E-state index contributed by atoms with van der Waals surface area (Å²) < 4.78 is 5.39. The molecule has 2 aromatic rings. The van der Waals surface area contributed by atoms with Gasteiger partial charge in [-0.25, -0.2) is 9.59 Å². The molecule has 1 atom stereocenters. The van der Waals surface area contributed by atoms with E-state index < -0.39 is 18.1 Å². The van der Waals surface area contributed by atoms with Gasteiger partial charge in [0.2, 0.25) is 5.91 Å². The number of aliphatic carboxylic acids is 1. The number of hydrogen-bond acceptors (Lipinski definition) is 4. The zero-order valence-electron chi connectivity index (χ0n) is 15.8. The third kappa shape index (κ3) is 3.81. The minimum atomic E-state index is -1.20. The minimum Gasteiger partial charge on any atom is -0.480 e. The number of alkyl carbamates (subject to hydrolysis) is 1. The molecule has 4 rings (SSSR count). The molecule has 2 aromatic carbocycles. The number of nitrogens with one attached hydrogen (secondary N) is 1. The molecule has 150 valence electrons. The van der Waals surface area contributed by atoms with E-state index in [1.165, 1.54) is 4.90 Å². The average Bonchev–Trinajstić information content (AvgIpc) is 3.27. The fourth-order valence-corrected chi connectivity index (χ4v) is 4.09. The molecule has 2 amide bonds. The van der Waals surface area contributed by atoms with Crippen LogP contribution in [0.4, 0.5) is 4.79 Å². The number of carbonyl (C=O) groups excluding carboxylic acids is 2. The van der Waals surface area contributed by atoms with E-state index in [1.807, 2.05) is 48.5 Å². The van der Waals surface area contributed by atoms with Crippen molar-refractivity contribution in [3.63, 3.8) is 0 Å². The standard InChI is InChI=1S/C22H22N2O5/c25-20-10-5-11-24(20)12-19(21(26)27)23-22(28)29-13-18-16-8-3-1-6-14(16)15-7-2-4-9-17(15)18/h1-4,6-9,18-19H,5,10-13H2,(H,23,28)(H,26,27)/t19-/m1/s1. The van der Waals surface area contributed by atoms with Crippen LogP contribution in [0.15, 0.2) is 48.5 Å². The van der Waals surface area contributed by atoms with Gasteiger partial charge in [-0.05, 0) is 28.7 Å². The van der Waals surface area contributed by atoms with E-state index in [4.69, 9.17) is 4.74 Å². The van der Waals surface area contributed by atoms with E-state index in [0.717, 1.165) is 22.3 Å². The summed E-state index contributed by atoms with van der Waals surface area (Å²) in [7, 11) is 0. The van der Waals surface area contributed by atoms with Gasteiger partial charge >= 0.3 is 12.1 Å². The van der Waals surface area contributed by atoms with E-state index in [0.29, 0.717) is 19.4 Å². The average molecular weight is 394 g/mol. The van der Waals surface area contributed by atoms with E-state index >= 15 is 0 Å². The topological polar surface area (TPSA) is 95.9 Å². The summed E-state index contributed by atoms with van der Waals surface area (Å²) in [6.07, 6.45) is 0.318. The number of carboxylic acids is 1. The van der Waals surface area contributed by atoms with Crippen molar-refractivity contribution < 1.29 is 24.2 Å². The molecule has 1 aliphatic carbocycles. The molecule has 1 aliphatic heterocycles. The summed E-state index contributed by atoms with van der Waals surface area (Å²) in [6.45, 7) is 0.558. The van der Waals surface area contributed by atoms with Crippen LogP contribution in [0.25, 0.3) is 11.1 Å². The van der Waals surface area contributed by atoms with Crippen molar-refractivity contribution in [2.45, 2.75) is 24.8 Å². The lowest BCUT2D eigenvalue weighted by Crippen LogP contribution is -2.49. The minimum absolute atomic E-state index is 0.0572. The van der Waals surface area contributed by atoms with Crippen molar-refractivity contribution in [3.05, 3.63) is 59.7 Å². The molecule has 29 heavy (non-hydrogen) atoms. The third-order valence-corrected chi connectivity index (χ3v) is 5.51. The van der Waals surface area contributed by atoms with E-state index in [1.54, 1.807) is 0 Å². The smallest absolute Gasteiger partial charge is 0.407 e. The first-order chi connectivity index (χ1) is 14.0. The van der Waals surface area contributed by atoms with Gasteiger partial charge in [-0.15, -0.1) is 0 Å². The Kier molecular flexibility index (Phi) is 5.20. The zero-order chi connectivity index (χ0) is 20.4. The van der Waals surface area contributed by atoms with Gasteiger partial charge in [0.1, 0.15) is 12.6 Å². The van der Waals surface area contributed by atoms with Crippen molar-refractivity contribution in [1.82, 2.24) is 10.2 Å². The highest BCUT2D eigenvalue weighted by Crippen LogP contribution is 2.44. The van der Waals surface area contributed by atoms with Gasteiger partial charge in [0, 0.05) is 18.9 Å². The lowest BCUT2D eigenvalue weighted by molar-refractivity contribution is -0.140. The Bertz CT molecular complexity index is 912. The van der Waals surface area contributed by atoms with Crippen LogP contribution >= 0.6 is 0 Å². The number of carbonyl (C=O) groups is 3. The van der Waals surface area contributed by atoms with Gasteiger partial charge < -0.3 is 20.1 Å². The SMILES string of the molecule is O=C(N[C@H](CN1CCCC1=O)C(=O)O)OCC1c2ccccc2-c2ccccc21. The molecule has 2 aliphatic rings. The Morgan fingerprint density at radius 1 is 1.10 bits per heavy atom. The lowest BCUT2D eigenvalue weighted by Gasteiger charge is -2.22. The van der Waals surface area contributed by atoms with Gasteiger partial charge in [0.05, 0.1) is 6.54 Å². The summed E-state index contributed by atoms with van der Waals surface area (Å²) >= 11 is 0. The number of carboxylic acid groups (broad SMARTS) is 1. The number of likely N-dealkylation sites (tertiary alicyclic amines) is 1. The highest BCUT2D eigenvalue weighted by Gasteiger charge is 2.31. The Morgan fingerprint density at radius 3 is 2.28 bits per heavy atom. The summed E-state index contributed by atoms with van der Waals surface area (Å²) in [6, 6.07) is 14.8. The Labute approximate surface area is 168 Å². The fourth-order valence-electron chi connectivity index (χ4n) is 4.09. The summed E-state index contributed by atoms with van der Waals surface area (Å²) in [4.78, 5) is 37.0. The van der Waals surface area contributed by atoms with Crippen molar-refractivity contribution >= 4 is 18.0 Å². The van der Waals surface area contributed by atoms with Gasteiger partial charge in [-0.1, -0.05) is 48.5 Å². The van der Waals surface area contributed by atoms with Crippen LogP contribution in [0.1, 0.15) is 29.9 Å². The van der Waals surface area contributed by atoms with Crippen LogP contribution in [0.3, 0.4) is 0 Å². The predicted molar refractivity (Wildman–Crippen MR) is 105 cm³/mol. The molecular weight excluding hydrogens is 372 g/mol. The number of nitrogens with zero attached hydrogens (tertiary/aromatic N) is 1. The lowest BCUT2D eigenvalue weighted by atomic mass is 9.98. The summed E-state index contributed by atoms with van der Waals surface area (Å²) in [5, 5.41) is 11.8. The van der Waals surface area contributed by atoms with Gasteiger partial charge in [-0.3, -0.25) is 4.79 Å². The quantitative estimate of drug-likeness (QED) is 0.785. The van der Waals surface area contributed by atoms with Gasteiger partial charge in [-0.2, -0.15) is 0 Å². The number of ether oxygens (including phenoxy) is 1. The van der Waals surface area contributed by atoms with E-state index in [2.05, 4.69) is 5.32 Å². The summed E-state index contributed by atoms with van der Waals surface area (Å²) in [5.41, 5.74) is 4.40. The molecule has 1 heterocycles. The second kappa shape index (κ2) is 7.95. The number of hydrogen-bond donors (Lipinski definition) is 2. The van der Waals surface area contributed by atoms with Crippen LogP contribution in [0.5, 0.6) is 0 Å². The molecule has 0 saturated carbocycles. The van der Waals surface area contributed by atoms with E-state index in [9.17, 15) is 19.5 Å². The fraction of sp³-hybridized carbons (Fsp3) is 0.318. The van der Waals surface area contributed by atoms with Gasteiger partial charge in [0.15, 0.2) is 0 Å². The molecule has 1 saturated heterocycles. The Balaban J connectivity index is 1.41. The van der Waals surface area contributed by atoms with Crippen molar-refractivity contribution in [1.29, 1.82) is 0 Å².